The van der Waals surface area contributed by atoms with Gasteiger partial charge in [0.2, 0.25) is 0 Å². The van der Waals surface area contributed by atoms with Crippen molar-refractivity contribution < 1.29 is 24.2 Å². The van der Waals surface area contributed by atoms with Crippen molar-refractivity contribution in [1.29, 1.82) is 0 Å². The summed E-state index contributed by atoms with van der Waals surface area (Å²) in [6, 6.07) is 11.6. The normalized spacial score (nSPS) is 13.6. The summed E-state index contributed by atoms with van der Waals surface area (Å²) in [5, 5.41) is 12.1. The first-order valence-corrected chi connectivity index (χ1v) is 11.0. The molecule has 1 aliphatic rings. The Morgan fingerprint density at radius 3 is 2.38 bits per heavy atom. The zero-order valence-electron chi connectivity index (χ0n) is 19.0. The molecule has 3 aromatic rings. The van der Waals surface area contributed by atoms with Crippen molar-refractivity contribution in [3.8, 4) is 17.2 Å². The number of anilines is 1. The molecule has 1 fully saturated rings. The number of nitrogens with one attached hydrogen (secondary N) is 1. The van der Waals surface area contributed by atoms with Crippen molar-refractivity contribution in [3.05, 3.63) is 71.7 Å². The van der Waals surface area contributed by atoms with Crippen molar-refractivity contribution in [2.45, 2.75) is 26.4 Å². The van der Waals surface area contributed by atoms with Crippen molar-refractivity contribution >= 4 is 17.6 Å². The van der Waals surface area contributed by atoms with Crippen LogP contribution in [0.15, 0.2) is 54.9 Å². The molecule has 1 aliphatic heterocycles. The third-order valence-corrected chi connectivity index (χ3v) is 5.33. The number of benzene rings is 2. The van der Waals surface area contributed by atoms with Crippen LogP contribution in [-0.4, -0.2) is 57.6 Å². The number of aliphatic hydroxyl groups is 1. The molecule has 2 heterocycles. The van der Waals surface area contributed by atoms with E-state index in [1.165, 1.54) is 6.20 Å². The predicted molar refractivity (Wildman–Crippen MR) is 125 cm³/mol. The van der Waals surface area contributed by atoms with Crippen molar-refractivity contribution in [3.63, 3.8) is 0 Å². The summed E-state index contributed by atoms with van der Waals surface area (Å²) in [4.78, 5) is 35.3. The lowest BCUT2D eigenvalue weighted by molar-refractivity contribution is 0.0651. The fraction of sp³-hybridized carbons (Fsp3) is 0.280. The van der Waals surface area contributed by atoms with E-state index >= 15 is 0 Å². The number of nitrogens with zero attached hydrogens (tertiary/aromatic N) is 3. The standard InChI is InChI=1S/C25H26N4O5/c1-16(15-30)33-21-12-19(24(31)28-23-17(2)26-8-9-27-23)13-22(14-21)34-20-6-4-18(5-7-20)25(32)29-10-3-11-29/h4-9,12-14,16,30H,3,10-11,15H2,1-2H3,(H,27,28,31)/t16-/m0/s1. The molecule has 0 unspecified atom stereocenters. The Labute approximate surface area is 197 Å². The number of aliphatic hydroxyl groups excluding tert-OH is 1. The maximum Gasteiger partial charge on any atom is 0.257 e. The number of aromatic nitrogens is 2. The molecule has 9 heteroatoms. The molecule has 0 radical (unpaired) electrons. The molecule has 0 bridgehead atoms. The van der Waals surface area contributed by atoms with E-state index in [1.807, 2.05) is 0 Å². The average molecular weight is 463 g/mol. The molecule has 0 spiro atoms. The zero-order chi connectivity index (χ0) is 24.1. The Morgan fingerprint density at radius 1 is 1.03 bits per heavy atom. The highest BCUT2D eigenvalue weighted by atomic mass is 16.5. The quantitative estimate of drug-likeness (QED) is 0.527. The van der Waals surface area contributed by atoms with Crippen molar-refractivity contribution in [1.82, 2.24) is 14.9 Å². The molecular weight excluding hydrogens is 436 g/mol. The lowest BCUT2D eigenvalue weighted by Crippen LogP contribution is -2.41. The maximum atomic E-state index is 12.9. The van der Waals surface area contributed by atoms with E-state index in [4.69, 9.17) is 9.47 Å². The van der Waals surface area contributed by atoms with Gasteiger partial charge in [0.1, 0.15) is 23.4 Å². The highest BCUT2D eigenvalue weighted by Gasteiger charge is 2.21. The van der Waals surface area contributed by atoms with Crippen LogP contribution in [0.4, 0.5) is 5.82 Å². The molecule has 34 heavy (non-hydrogen) atoms. The number of hydrogen-bond donors (Lipinski definition) is 2. The van der Waals surface area contributed by atoms with Crippen LogP contribution in [0.5, 0.6) is 17.2 Å². The van der Waals surface area contributed by atoms with E-state index in [0.29, 0.717) is 34.3 Å². The molecule has 9 nitrogen and oxygen atoms in total. The summed E-state index contributed by atoms with van der Waals surface area (Å²) < 4.78 is 11.7. The highest BCUT2D eigenvalue weighted by molar-refractivity contribution is 6.04. The minimum Gasteiger partial charge on any atom is -0.488 e. The van der Waals surface area contributed by atoms with E-state index in [1.54, 1.807) is 67.4 Å². The number of amides is 2. The fourth-order valence-electron chi connectivity index (χ4n) is 3.31. The van der Waals surface area contributed by atoms with E-state index < -0.39 is 12.0 Å². The average Bonchev–Trinajstić information content (AvgIpc) is 2.79. The number of carbonyl (C=O) groups excluding carboxylic acids is 2. The highest BCUT2D eigenvalue weighted by Crippen LogP contribution is 2.29. The first-order chi connectivity index (χ1) is 16.4. The summed E-state index contributed by atoms with van der Waals surface area (Å²) >= 11 is 0. The zero-order valence-corrected chi connectivity index (χ0v) is 19.0. The Bertz CT molecular complexity index is 1180. The molecule has 2 amide bonds. The van der Waals surface area contributed by atoms with Crippen LogP contribution >= 0.6 is 0 Å². The summed E-state index contributed by atoms with van der Waals surface area (Å²) in [6.07, 6.45) is 3.60. The van der Waals surface area contributed by atoms with Gasteiger partial charge >= 0.3 is 0 Å². The number of carbonyl (C=O) groups is 2. The van der Waals surface area contributed by atoms with E-state index in [9.17, 15) is 14.7 Å². The van der Waals surface area contributed by atoms with Crippen LogP contribution in [0.1, 0.15) is 39.8 Å². The SMILES string of the molecule is Cc1nccnc1NC(=O)c1cc(Oc2ccc(C(=O)N3CCC3)cc2)cc(O[C@@H](C)CO)c1. The molecule has 1 atom stereocenters. The smallest absolute Gasteiger partial charge is 0.257 e. The van der Waals surface area contributed by atoms with Crippen LogP contribution in [0, 0.1) is 6.92 Å². The second-order valence-corrected chi connectivity index (χ2v) is 8.02. The van der Waals surface area contributed by atoms with Gasteiger partial charge in [0.15, 0.2) is 5.82 Å². The molecular formula is C25H26N4O5. The fourth-order valence-corrected chi connectivity index (χ4v) is 3.31. The first-order valence-electron chi connectivity index (χ1n) is 11.0. The van der Waals surface area contributed by atoms with Gasteiger partial charge in [0, 0.05) is 42.7 Å². The van der Waals surface area contributed by atoms with Crippen LogP contribution in [-0.2, 0) is 0 Å². The van der Waals surface area contributed by atoms with Gasteiger partial charge in [-0.1, -0.05) is 0 Å². The number of ether oxygens (including phenoxy) is 2. The minimum absolute atomic E-state index is 0.00412. The Hall–Kier alpha value is -3.98. The van der Waals surface area contributed by atoms with Crippen LogP contribution in [0.2, 0.25) is 0 Å². The molecule has 2 N–H and O–H groups in total. The number of likely N-dealkylation sites (tertiary alicyclic amines) is 1. The molecule has 1 aromatic heterocycles. The van der Waals surface area contributed by atoms with Gasteiger partial charge in [-0.3, -0.25) is 14.6 Å². The van der Waals surface area contributed by atoms with Crippen molar-refractivity contribution in [2.24, 2.45) is 0 Å². The molecule has 2 aromatic carbocycles. The topological polar surface area (TPSA) is 114 Å². The number of rotatable bonds is 8. The van der Waals surface area contributed by atoms with Gasteiger partial charge in [-0.05, 0) is 56.7 Å². The van der Waals surface area contributed by atoms with Gasteiger partial charge in [0.05, 0.1) is 12.3 Å². The number of hydrogen-bond acceptors (Lipinski definition) is 7. The molecule has 1 saturated heterocycles. The summed E-state index contributed by atoms with van der Waals surface area (Å²) in [7, 11) is 0. The van der Waals surface area contributed by atoms with Crippen LogP contribution in [0.3, 0.4) is 0 Å². The molecule has 0 aliphatic carbocycles. The van der Waals surface area contributed by atoms with Gasteiger partial charge in [-0.2, -0.15) is 0 Å². The van der Waals surface area contributed by atoms with E-state index in [-0.39, 0.29) is 18.1 Å². The number of aryl methyl sites for hydroxylation is 1. The largest absolute Gasteiger partial charge is 0.488 e. The van der Waals surface area contributed by atoms with Gasteiger partial charge in [-0.15, -0.1) is 0 Å². The molecule has 0 saturated carbocycles. The van der Waals surface area contributed by atoms with Crippen LogP contribution < -0.4 is 14.8 Å². The van der Waals surface area contributed by atoms with E-state index in [2.05, 4.69) is 15.3 Å². The first kappa shape index (κ1) is 23.2. The predicted octanol–water partition coefficient (Wildman–Crippen LogP) is 3.44. The van der Waals surface area contributed by atoms with Crippen molar-refractivity contribution in [2.75, 3.05) is 25.0 Å². The Kier molecular flexibility index (Phi) is 7.03. The minimum atomic E-state index is -0.472. The molecule has 176 valence electrons. The maximum absolute atomic E-state index is 12.9. The summed E-state index contributed by atoms with van der Waals surface area (Å²) in [5.74, 6) is 1.18. The Morgan fingerprint density at radius 2 is 1.74 bits per heavy atom. The third-order valence-electron chi connectivity index (χ3n) is 5.33. The van der Waals surface area contributed by atoms with Gasteiger partial charge in [0.25, 0.3) is 11.8 Å². The monoisotopic (exact) mass is 462 g/mol. The summed E-state index contributed by atoms with van der Waals surface area (Å²) in [6.45, 7) is 4.85. The molecule has 4 rings (SSSR count). The van der Waals surface area contributed by atoms with Gasteiger partial charge in [-0.25, -0.2) is 4.98 Å². The summed E-state index contributed by atoms with van der Waals surface area (Å²) in [5.41, 5.74) is 1.47. The lowest BCUT2D eigenvalue weighted by Gasteiger charge is -2.30. The second kappa shape index (κ2) is 10.3. The second-order valence-electron chi connectivity index (χ2n) is 8.02. The lowest BCUT2D eigenvalue weighted by atomic mass is 10.1. The third kappa shape index (κ3) is 5.49. The van der Waals surface area contributed by atoms with E-state index in [0.717, 1.165) is 19.5 Å². The van der Waals surface area contributed by atoms with Gasteiger partial charge < -0.3 is 24.8 Å². The Balaban J connectivity index is 1.55. The van der Waals surface area contributed by atoms with Crippen LogP contribution in [0.25, 0.3) is 0 Å².